The zero-order chi connectivity index (χ0) is 27.6. The molecule has 1 aliphatic rings. The highest BCUT2D eigenvalue weighted by Crippen LogP contribution is 2.36. The number of hydrogen-bond acceptors (Lipinski definition) is 4. The SMILES string of the molecule is CC(C)C1C(=O)Nc2cc(C(=O)NC(Cc3ccccc3)C(=O)O)ccc2N1C(=O)c1ccc(F)c(F)c1. The normalized spacial score (nSPS) is 15.4. The Bertz CT molecular complexity index is 1410. The molecule has 1 heterocycles. The van der Waals surface area contributed by atoms with Gasteiger partial charge in [-0.3, -0.25) is 19.3 Å². The molecule has 0 bridgehead atoms. The summed E-state index contributed by atoms with van der Waals surface area (Å²) in [5.74, 6) is -5.78. The monoisotopic (exact) mass is 521 g/mol. The van der Waals surface area contributed by atoms with Crippen molar-refractivity contribution in [2.24, 2.45) is 5.92 Å². The van der Waals surface area contributed by atoms with E-state index in [1.807, 2.05) is 0 Å². The summed E-state index contributed by atoms with van der Waals surface area (Å²) in [7, 11) is 0. The molecule has 0 spiro atoms. The van der Waals surface area contributed by atoms with Crippen molar-refractivity contribution in [2.75, 3.05) is 10.2 Å². The van der Waals surface area contributed by atoms with Crippen molar-refractivity contribution >= 4 is 35.1 Å². The molecule has 4 rings (SSSR count). The standard InChI is InChI=1S/C28H25F2N3O5/c1-15(2)24-26(35)31-21-14-17(25(34)32-22(28(37)38)12-16-6-4-3-5-7-16)9-11-23(21)33(24)27(36)18-8-10-19(29)20(30)13-18/h3-11,13-15,22,24H,12H2,1-2H3,(H,31,35)(H,32,34)(H,37,38). The number of rotatable bonds is 7. The molecule has 3 amide bonds. The molecule has 10 heteroatoms. The Labute approximate surface area is 217 Å². The summed E-state index contributed by atoms with van der Waals surface area (Å²) in [5, 5.41) is 14.8. The van der Waals surface area contributed by atoms with Gasteiger partial charge in [-0.25, -0.2) is 13.6 Å². The quantitative estimate of drug-likeness (QED) is 0.435. The number of benzene rings is 3. The molecule has 0 radical (unpaired) electrons. The van der Waals surface area contributed by atoms with Gasteiger partial charge in [-0.2, -0.15) is 0 Å². The number of fused-ring (bicyclic) bond motifs is 1. The van der Waals surface area contributed by atoms with E-state index >= 15 is 0 Å². The molecule has 0 aliphatic carbocycles. The van der Waals surface area contributed by atoms with E-state index in [-0.39, 0.29) is 34.8 Å². The van der Waals surface area contributed by atoms with Gasteiger partial charge >= 0.3 is 5.97 Å². The van der Waals surface area contributed by atoms with Crippen molar-refractivity contribution in [1.29, 1.82) is 0 Å². The molecule has 8 nitrogen and oxygen atoms in total. The molecule has 196 valence electrons. The Hall–Kier alpha value is -4.60. The van der Waals surface area contributed by atoms with E-state index in [4.69, 9.17) is 0 Å². The van der Waals surface area contributed by atoms with Gasteiger partial charge in [0.15, 0.2) is 11.6 Å². The fourth-order valence-corrected chi connectivity index (χ4v) is 4.36. The van der Waals surface area contributed by atoms with Crippen LogP contribution in [0.4, 0.5) is 20.2 Å². The second kappa shape index (κ2) is 10.8. The maximum Gasteiger partial charge on any atom is 0.326 e. The summed E-state index contributed by atoms with van der Waals surface area (Å²) in [4.78, 5) is 52.3. The van der Waals surface area contributed by atoms with E-state index in [1.165, 1.54) is 23.1 Å². The number of amides is 3. The predicted molar refractivity (Wildman–Crippen MR) is 136 cm³/mol. The van der Waals surface area contributed by atoms with E-state index in [2.05, 4.69) is 10.6 Å². The smallest absolute Gasteiger partial charge is 0.326 e. The molecule has 0 fully saturated rings. The van der Waals surface area contributed by atoms with Crippen molar-refractivity contribution in [3.05, 3.63) is 95.1 Å². The van der Waals surface area contributed by atoms with Gasteiger partial charge in [-0.05, 0) is 47.9 Å². The highest BCUT2D eigenvalue weighted by atomic mass is 19.2. The van der Waals surface area contributed by atoms with Gasteiger partial charge in [-0.15, -0.1) is 0 Å². The first-order chi connectivity index (χ1) is 18.1. The zero-order valence-electron chi connectivity index (χ0n) is 20.6. The number of anilines is 2. The van der Waals surface area contributed by atoms with Crippen molar-refractivity contribution in [1.82, 2.24) is 5.32 Å². The van der Waals surface area contributed by atoms with Crippen LogP contribution in [-0.2, 0) is 16.0 Å². The molecule has 3 aromatic rings. The third-order valence-electron chi connectivity index (χ3n) is 6.23. The lowest BCUT2D eigenvalue weighted by atomic mass is 9.95. The number of carbonyl (C=O) groups is 4. The first-order valence-corrected chi connectivity index (χ1v) is 11.9. The van der Waals surface area contributed by atoms with E-state index < -0.39 is 47.4 Å². The van der Waals surface area contributed by atoms with E-state index in [1.54, 1.807) is 44.2 Å². The van der Waals surface area contributed by atoms with Crippen LogP contribution in [0.15, 0.2) is 66.7 Å². The van der Waals surface area contributed by atoms with E-state index in [0.29, 0.717) is 0 Å². The first kappa shape index (κ1) is 26.5. The van der Waals surface area contributed by atoms with Gasteiger partial charge in [0.2, 0.25) is 5.91 Å². The van der Waals surface area contributed by atoms with Gasteiger partial charge in [0, 0.05) is 17.5 Å². The lowest BCUT2D eigenvalue weighted by Gasteiger charge is -2.38. The summed E-state index contributed by atoms with van der Waals surface area (Å²) in [5.41, 5.74) is 1.04. The Morgan fingerprint density at radius 2 is 1.66 bits per heavy atom. The summed E-state index contributed by atoms with van der Waals surface area (Å²) >= 11 is 0. The van der Waals surface area contributed by atoms with Crippen molar-refractivity contribution in [3.63, 3.8) is 0 Å². The number of carboxylic acid groups (broad SMARTS) is 1. The largest absolute Gasteiger partial charge is 0.480 e. The Kier molecular flexibility index (Phi) is 7.52. The zero-order valence-corrected chi connectivity index (χ0v) is 20.6. The highest BCUT2D eigenvalue weighted by Gasteiger charge is 2.39. The molecule has 0 saturated heterocycles. The highest BCUT2D eigenvalue weighted by molar-refractivity contribution is 6.17. The molecule has 2 unspecified atom stereocenters. The number of hydrogen-bond donors (Lipinski definition) is 3. The maximum absolute atomic E-state index is 13.9. The van der Waals surface area contributed by atoms with Gasteiger partial charge in [0.25, 0.3) is 11.8 Å². The molecule has 3 N–H and O–H groups in total. The summed E-state index contributed by atoms with van der Waals surface area (Å²) < 4.78 is 27.3. The fraction of sp³-hybridized carbons (Fsp3) is 0.214. The third kappa shape index (κ3) is 5.39. The molecule has 0 aromatic heterocycles. The second-order valence-electron chi connectivity index (χ2n) is 9.27. The first-order valence-electron chi connectivity index (χ1n) is 11.9. The number of carbonyl (C=O) groups excluding carboxylic acids is 3. The minimum Gasteiger partial charge on any atom is -0.480 e. The second-order valence-corrected chi connectivity index (χ2v) is 9.27. The Morgan fingerprint density at radius 3 is 2.29 bits per heavy atom. The lowest BCUT2D eigenvalue weighted by molar-refractivity contribution is -0.139. The van der Waals surface area contributed by atoms with Crippen LogP contribution in [0.5, 0.6) is 0 Å². The Morgan fingerprint density at radius 1 is 0.974 bits per heavy atom. The number of aliphatic carboxylic acids is 1. The number of nitrogens with zero attached hydrogens (tertiary/aromatic N) is 1. The van der Waals surface area contributed by atoms with E-state index in [0.717, 1.165) is 23.8 Å². The molecule has 0 saturated carbocycles. The molecule has 1 aliphatic heterocycles. The predicted octanol–water partition coefficient (Wildman–Crippen LogP) is 4.01. The molecular formula is C28H25F2N3O5. The molecule has 38 heavy (non-hydrogen) atoms. The average molecular weight is 522 g/mol. The topological polar surface area (TPSA) is 116 Å². The summed E-state index contributed by atoms with van der Waals surface area (Å²) in [6.07, 6.45) is 0.0656. The van der Waals surface area contributed by atoms with Crippen LogP contribution in [-0.4, -0.2) is 40.9 Å². The Balaban J connectivity index is 1.65. The number of halogens is 2. The number of carboxylic acids is 1. The average Bonchev–Trinajstić information content (AvgIpc) is 2.88. The van der Waals surface area contributed by atoms with Crippen molar-refractivity contribution in [2.45, 2.75) is 32.4 Å². The third-order valence-corrected chi connectivity index (χ3v) is 6.23. The fourth-order valence-electron chi connectivity index (χ4n) is 4.36. The summed E-state index contributed by atoms with van der Waals surface area (Å²) in [6.45, 7) is 3.47. The lowest BCUT2D eigenvalue weighted by Crippen LogP contribution is -2.53. The van der Waals surface area contributed by atoms with Crippen molar-refractivity contribution in [3.8, 4) is 0 Å². The van der Waals surface area contributed by atoms with Crippen LogP contribution < -0.4 is 15.5 Å². The van der Waals surface area contributed by atoms with Crippen LogP contribution in [0.25, 0.3) is 0 Å². The van der Waals surface area contributed by atoms with Crippen LogP contribution in [0.1, 0.15) is 40.1 Å². The minimum atomic E-state index is -1.21. The summed E-state index contributed by atoms with van der Waals surface area (Å²) in [6, 6.07) is 13.6. The number of nitrogens with one attached hydrogen (secondary N) is 2. The van der Waals surface area contributed by atoms with Gasteiger partial charge in [0.1, 0.15) is 12.1 Å². The van der Waals surface area contributed by atoms with Crippen molar-refractivity contribution < 1.29 is 33.1 Å². The van der Waals surface area contributed by atoms with Gasteiger partial charge in [0.05, 0.1) is 11.4 Å². The minimum absolute atomic E-state index is 0.0617. The van der Waals surface area contributed by atoms with Gasteiger partial charge in [-0.1, -0.05) is 44.2 Å². The van der Waals surface area contributed by atoms with Crippen LogP contribution in [0.2, 0.25) is 0 Å². The van der Waals surface area contributed by atoms with Crippen LogP contribution in [0.3, 0.4) is 0 Å². The van der Waals surface area contributed by atoms with Gasteiger partial charge < -0.3 is 15.7 Å². The molecular weight excluding hydrogens is 496 g/mol. The van der Waals surface area contributed by atoms with Crippen LogP contribution >= 0.6 is 0 Å². The maximum atomic E-state index is 13.9. The molecule has 3 aromatic carbocycles. The molecule has 2 atom stereocenters. The van der Waals surface area contributed by atoms with Crippen LogP contribution in [0, 0.1) is 17.6 Å². The van der Waals surface area contributed by atoms with E-state index in [9.17, 15) is 33.1 Å².